The molecular weight excluding hydrogens is 288 g/mol. The van der Waals surface area contributed by atoms with Gasteiger partial charge in [0, 0.05) is 17.2 Å². The Morgan fingerprint density at radius 3 is 2.72 bits per heavy atom. The first-order valence-electron chi connectivity index (χ1n) is 7.01. The lowest BCUT2D eigenvalue weighted by atomic mass is 9.81. The van der Waals surface area contributed by atoms with Gasteiger partial charge in [-0.3, -0.25) is 0 Å². The van der Waals surface area contributed by atoms with Crippen molar-refractivity contribution < 1.29 is 0 Å². The maximum Gasteiger partial charge on any atom is 0.128 e. The van der Waals surface area contributed by atoms with E-state index in [1.807, 2.05) is 6.20 Å². The van der Waals surface area contributed by atoms with Gasteiger partial charge in [0.15, 0.2) is 0 Å². The summed E-state index contributed by atoms with van der Waals surface area (Å²) in [6.45, 7) is 5.53. The fourth-order valence-electron chi connectivity index (χ4n) is 2.74. The molecule has 1 saturated carbocycles. The van der Waals surface area contributed by atoms with Gasteiger partial charge in [-0.2, -0.15) is 0 Å². The van der Waals surface area contributed by atoms with Crippen molar-refractivity contribution in [1.29, 1.82) is 0 Å². The van der Waals surface area contributed by atoms with Gasteiger partial charge in [-0.25, -0.2) is 4.98 Å². The smallest absolute Gasteiger partial charge is 0.128 e. The highest BCUT2D eigenvalue weighted by atomic mass is 79.9. The Morgan fingerprint density at radius 1 is 1.33 bits per heavy atom. The van der Waals surface area contributed by atoms with Crippen LogP contribution >= 0.6 is 15.9 Å². The zero-order valence-corrected chi connectivity index (χ0v) is 13.0. The lowest BCUT2D eigenvalue weighted by molar-refractivity contribution is 0.282. The fourth-order valence-corrected chi connectivity index (χ4v) is 3.18. The number of pyridine rings is 1. The van der Waals surface area contributed by atoms with Gasteiger partial charge in [0.1, 0.15) is 5.82 Å². The molecule has 0 bridgehead atoms. The van der Waals surface area contributed by atoms with Crippen LogP contribution in [0.3, 0.4) is 0 Å². The molecule has 1 aliphatic carbocycles. The minimum Gasteiger partial charge on any atom is -0.370 e. The van der Waals surface area contributed by atoms with Gasteiger partial charge >= 0.3 is 0 Å². The molecule has 0 atom stereocenters. The molecule has 1 N–H and O–H groups in total. The summed E-state index contributed by atoms with van der Waals surface area (Å²) in [4.78, 5) is 4.41. The second-order valence-electron chi connectivity index (χ2n) is 5.66. The van der Waals surface area contributed by atoms with Crippen LogP contribution in [-0.2, 0) is 0 Å². The molecule has 1 aromatic heterocycles. The fraction of sp³-hybridized carbons (Fsp3) is 0.667. The van der Waals surface area contributed by atoms with E-state index in [2.05, 4.69) is 46.1 Å². The molecular formula is C15H23BrN2. The van der Waals surface area contributed by atoms with Crippen LogP contribution in [0.15, 0.2) is 16.7 Å². The van der Waals surface area contributed by atoms with Crippen molar-refractivity contribution in [1.82, 2.24) is 4.98 Å². The molecule has 0 amide bonds. The van der Waals surface area contributed by atoms with Crippen LogP contribution in [0.4, 0.5) is 5.82 Å². The molecule has 18 heavy (non-hydrogen) atoms. The van der Waals surface area contributed by atoms with Crippen molar-refractivity contribution >= 4 is 21.7 Å². The van der Waals surface area contributed by atoms with Gasteiger partial charge in [-0.15, -0.1) is 0 Å². The minimum atomic E-state index is 0.921. The largest absolute Gasteiger partial charge is 0.370 e. The zero-order chi connectivity index (χ0) is 13.0. The van der Waals surface area contributed by atoms with Crippen LogP contribution in [0.1, 0.15) is 44.6 Å². The second-order valence-corrected chi connectivity index (χ2v) is 6.58. The lowest BCUT2D eigenvalue weighted by Crippen LogP contribution is -2.16. The molecule has 0 aromatic carbocycles. The van der Waals surface area contributed by atoms with Gasteiger partial charge < -0.3 is 5.32 Å². The average molecular weight is 311 g/mol. The van der Waals surface area contributed by atoms with E-state index in [4.69, 9.17) is 0 Å². The molecule has 3 heteroatoms. The van der Waals surface area contributed by atoms with Gasteiger partial charge in [0.2, 0.25) is 0 Å². The maximum atomic E-state index is 4.41. The number of nitrogens with zero attached hydrogens (tertiary/aromatic N) is 1. The van der Waals surface area contributed by atoms with Crippen molar-refractivity contribution in [3.05, 3.63) is 22.3 Å². The predicted octanol–water partition coefficient (Wildman–Crippen LogP) is 4.78. The number of hydrogen-bond donors (Lipinski definition) is 1. The normalized spacial score (nSPS) is 23.9. The second kappa shape index (κ2) is 6.55. The number of anilines is 1. The van der Waals surface area contributed by atoms with Crippen molar-refractivity contribution in [2.45, 2.75) is 46.0 Å². The molecule has 1 aromatic rings. The number of aryl methyl sites for hydroxylation is 1. The quantitative estimate of drug-likeness (QED) is 0.865. The van der Waals surface area contributed by atoms with Crippen LogP contribution in [0, 0.1) is 18.8 Å². The number of halogens is 1. The minimum absolute atomic E-state index is 0.921. The molecule has 0 saturated heterocycles. The van der Waals surface area contributed by atoms with E-state index in [-0.39, 0.29) is 0 Å². The highest BCUT2D eigenvalue weighted by molar-refractivity contribution is 9.10. The molecule has 0 spiro atoms. The van der Waals surface area contributed by atoms with Crippen molar-refractivity contribution in [3.63, 3.8) is 0 Å². The highest BCUT2D eigenvalue weighted by Crippen LogP contribution is 2.30. The number of nitrogens with one attached hydrogen (secondary N) is 1. The Morgan fingerprint density at radius 2 is 2.06 bits per heavy atom. The van der Waals surface area contributed by atoms with E-state index >= 15 is 0 Å². The number of hydrogen-bond acceptors (Lipinski definition) is 2. The molecule has 0 unspecified atom stereocenters. The first-order valence-corrected chi connectivity index (χ1v) is 7.80. The van der Waals surface area contributed by atoms with E-state index in [1.54, 1.807) is 0 Å². The first-order chi connectivity index (χ1) is 8.65. The van der Waals surface area contributed by atoms with Crippen molar-refractivity contribution in [3.8, 4) is 0 Å². The Hall–Kier alpha value is -0.570. The third kappa shape index (κ3) is 3.98. The highest BCUT2D eigenvalue weighted by Gasteiger charge is 2.17. The predicted molar refractivity (Wildman–Crippen MR) is 80.9 cm³/mol. The Labute approximate surface area is 119 Å². The van der Waals surface area contributed by atoms with Gasteiger partial charge in [-0.05, 0) is 52.7 Å². The van der Waals surface area contributed by atoms with Gasteiger partial charge in [0.25, 0.3) is 0 Å². The maximum absolute atomic E-state index is 4.41. The number of aromatic nitrogens is 1. The standard InChI is InChI=1S/C15H23BrN2/c1-11-3-5-13(6-4-11)7-8-17-15-12(2)9-14(16)10-18-15/h9-11,13H,3-8H2,1-2H3,(H,17,18). The van der Waals surface area contributed by atoms with E-state index in [1.165, 1.54) is 37.7 Å². The summed E-state index contributed by atoms with van der Waals surface area (Å²) in [5, 5.41) is 3.47. The Bertz CT molecular complexity index is 384. The summed E-state index contributed by atoms with van der Waals surface area (Å²) in [7, 11) is 0. The summed E-state index contributed by atoms with van der Waals surface area (Å²) >= 11 is 3.44. The first kappa shape index (κ1) is 13.9. The lowest BCUT2D eigenvalue weighted by Gasteiger charge is -2.26. The molecule has 1 heterocycles. The Kier molecular flexibility index (Phi) is 5.04. The van der Waals surface area contributed by atoms with Gasteiger partial charge in [-0.1, -0.05) is 32.6 Å². The van der Waals surface area contributed by atoms with Crippen molar-refractivity contribution in [2.24, 2.45) is 11.8 Å². The summed E-state index contributed by atoms with van der Waals surface area (Å²) in [6.07, 6.45) is 8.80. The van der Waals surface area contributed by atoms with Crippen LogP contribution < -0.4 is 5.32 Å². The molecule has 0 radical (unpaired) electrons. The molecule has 100 valence electrons. The summed E-state index contributed by atoms with van der Waals surface area (Å²) in [5.41, 5.74) is 1.21. The average Bonchev–Trinajstić information content (AvgIpc) is 2.34. The zero-order valence-electron chi connectivity index (χ0n) is 11.4. The Balaban J connectivity index is 1.75. The SMILES string of the molecule is Cc1cc(Br)cnc1NCCC1CCC(C)CC1. The van der Waals surface area contributed by atoms with Crippen LogP contribution in [0.2, 0.25) is 0 Å². The monoisotopic (exact) mass is 310 g/mol. The molecule has 1 fully saturated rings. The van der Waals surface area contributed by atoms with Crippen LogP contribution in [0.25, 0.3) is 0 Å². The summed E-state index contributed by atoms with van der Waals surface area (Å²) < 4.78 is 1.05. The van der Waals surface area contributed by atoms with E-state index in [0.717, 1.165) is 28.7 Å². The third-order valence-electron chi connectivity index (χ3n) is 4.03. The summed E-state index contributed by atoms with van der Waals surface area (Å²) in [5.74, 6) is 2.90. The topological polar surface area (TPSA) is 24.9 Å². The molecule has 2 rings (SSSR count). The van der Waals surface area contributed by atoms with E-state index in [9.17, 15) is 0 Å². The third-order valence-corrected chi connectivity index (χ3v) is 4.46. The molecule has 1 aliphatic rings. The van der Waals surface area contributed by atoms with Gasteiger partial charge in [0.05, 0.1) is 0 Å². The molecule has 0 aliphatic heterocycles. The van der Waals surface area contributed by atoms with Crippen molar-refractivity contribution in [2.75, 3.05) is 11.9 Å². The van der Waals surface area contributed by atoms with Crippen LogP contribution in [-0.4, -0.2) is 11.5 Å². The van der Waals surface area contributed by atoms with Crippen LogP contribution in [0.5, 0.6) is 0 Å². The summed E-state index contributed by atoms with van der Waals surface area (Å²) in [6, 6.07) is 2.11. The van der Waals surface area contributed by atoms with E-state index < -0.39 is 0 Å². The molecule has 2 nitrogen and oxygen atoms in total. The number of rotatable bonds is 4. The van der Waals surface area contributed by atoms with E-state index in [0.29, 0.717) is 0 Å².